The topological polar surface area (TPSA) is 101 Å². The lowest BCUT2D eigenvalue weighted by atomic mass is 9.95. The summed E-state index contributed by atoms with van der Waals surface area (Å²) in [6.45, 7) is 7.57. The van der Waals surface area contributed by atoms with E-state index in [9.17, 15) is 9.59 Å². The summed E-state index contributed by atoms with van der Waals surface area (Å²) in [4.78, 5) is 29.8. The summed E-state index contributed by atoms with van der Waals surface area (Å²) < 4.78 is 23.4. The normalized spacial score (nSPS) is 11.6. The minimum Gasteiger partial charge on any atom is -0.493 e. The largest absolute Gasteiger partial charge is 0.493 e. The second-order valence-electron chi connectivity index (χ2n) is 8.56. The first-order valence-corrected chi connectivity index (χ1v) is 11.7. The highest BCUT2D eigenvalue weighted by Gasteiger charge is 2.23. The molecule has 0 spiro atoms. The first-order valence-electron chi connectivity index (χ1n) is 10.9. The molecule has 3 rings (SSSR count). The summed E-state index contributed by atoms with van der Waals surface area (Å²) in [5.41, 5.74) is 0.452. The van der Waals surface area contributed by atoms with Crippen molar-refractivity contribution in [3.05, 3.63) is 56.5 Å². The Labute approximate surface area is 211 Å². The zero-order valence-corrected chi connectivity index (χ0v) is 22.1. The van der Waals surface area contributed by atoms with E-state index in [0.29, 0.717) is 33.8 Å². The van der Waals surface area contributed by atoms with Gasteiger partial charge in [-0.15, -0.1) is 0 Å². The third kappa shape index (κ3) is 6.00. The molecule has 0 unspecified atom stereocenters. The highest BCUT2D eigenvalue weighted by Crippen LogP contribution is 2.38. The molecule has 186 valence electrons. The quantitative estimate of drug-likeness (QED) is 0.307. The number of hydrogen-bond acceptors (Lipinski definition) is 8. The Balaban J connectivity index is 2.07. The van der Waals surface area contributed by atoms with Crippen LogP contribution in [-0.2, 0) is 14.9 Å². The molecule has 0 aliphatic heterocycles. The van der Waals surface area contributed by atoms with Crippen LogP contribution in [-0.4, -0.2) is 49.3 Å². The van der Waals surface area contributed by atoms with Crippen LogP contribution in [0.5, 0.6) is 17.2 Å². The number of nitrogens with zero attached hydrogens (tertiary/aromatic N) is 3. The monoisotopic (exact) mass is 545 g/mol. The zero-order chi connectivity index (χ0) is 25.8. The number of esters is 1. The summed E-state index contributed by atoms with van der Waals surface area (Å²) in [5.74, 6) is 0.928. The van der Waals surface area contributed by atoms with Gasteiger partial charge in [0, 0.05) is 15.5 Å². The fraction of sp³-hybridized carbons (Fsp3) is 0.360. The first kappa shape index (κ1) is 26.2. The van der Waals surface area contributed by atoms with E-state index in [4.69, 9.17) is 23.9 Å². The number of ether oxygens (including phenoxy) is 4. The van der Waals surface area contributed by atoms with Crippen molar-refractivity contribution in [1.82, 2.24) is 9.66 Å². The second-order valence-corrected chi connectivity index (χ2v) is 9.47. The van der Waals surface area contributed by atoms with E-state index in [2.05, 4.69) is 21.0 Å². The lowest BCUT2D eigenvalue weighted by Gasteiger charge is -2.21. The van der Waals surface area contributed by atoms with Gasteiger partial charge in [-0.3, -0.25) is 4.79 Å². The minimum absolute atomic E-state index is 0.252. The molecule has 3 aromatic rings. The number of carbonyl (C=O) groups is 1. The summed E-state index contributed by atoms with van der Waals surface area (Å²) in [5, 5.41) is 4.92. The van der Waals surface area contributed by atoms with Gasteiger partial charge >= 0.3 is 5.97 Å². The molecule has 35 heavy (non-hydrogen) atoms. The van der Waals surface area contributed by atoms with Crippen LogP contribution in [0.4, 0.5) is 0 Å². The Kier molecular flexibility index (Phi) is 8.16. The second kappa shape index (κ2) is 10.9. The van der Waals surface area contributed by atoms with Gasteiger partial charge in [-0.25, -0.2) is 9.78 Å². The van der Waals surface area contributed by atoms with Crippen LogP contribution < -0.4 is 19.8 Å². The Morgan fingerprint density at radius 2 is 1.80 bits per heavy atom. The molecule has 1 aromatic heterocycles. The Hall–Kier alpha value is -3.40. The highest BCUT2D eigenvalue weighted by atomic mass is 79.9. The van der Waals surface area contributed by atoms with E-state index in [1.807, 2.05) is 26.8 Å². The van der Waals surface area contributed by atoms with Gasteiger partial charge in [0.05, 0.1) is 37.9 Å². The van der Waals surface area contributed by atoms with E-state index in [1.165, 1.54) is 25.1 Å². The first-order chi connectivity index (χ1) is 16.6. The Bertz CT molecular complexity index is 1300. The number of benzene rings is 2. The summed E-state index contributed by atoms with van der Waals surface area (Å²) >= 11 is 3.41. The van der Waals surface area contributed by atoms with Crippen molar-refractivity contribution in [1.29, 1.82) is 0 Å². The number of halogens is 1. The maximum atomic E-state index is 13.3. The van der Waals surface area contributed by atoms with Crippen LogP contribution in [0.2, 0.25) is 0 Å². The average Bonchev–Trinajstić information content (AvgIpc) is 2.81. The predicted octanol–water partition coefficient (Wildman–Crippen LogP) is 4.30. The molecule has 2 aromatic carbocycles. The maximum absolute atomic E-state index is 13.3. The summed E-state index contributed by atoms with van der Waals surface area (Å²) in [6.07, 6.45) is 1.52. The van der Waals surface area contributed by atoms with E-state index in [0.717, 1.165) is 4.47 Å². The standard InChI is InChI=1S/C25H28BrN3O6/c1-7-34-21(30)14-35-22-19(32-5)10-15(11-20(22)33-6)13-27-29-23(31)17-12-16(26)8-9-18(17)28-24(29)25(2,3)4/h8-13H,7,14H2,1-6H3. The number of hydrogen-bond donors (Lipinski definition) is 0. The molecule has 1 heterocycles. The van der Waals surface area contributed by atoms with Gasteiger partial charge < -0.3 is 18.9 Å². The number of aromatic nitrogens is 2. The molecule has 0 saturated heterocycles. The summed E-state index contributed by atoms with van der Waals surface area (Å²) in [7, 11) is 2.94. The van der Waals surface area contributed by atoms with Gasteiger partial charge in [-0.2, -0.15) is 9.78 Å². The van der Waals surface area contributed by atoms with Crippen molar-refractivity contribution < 1.29 is 23.7 Å². The number of rotatable bonds is 8. The predicted molar refractivity (Wildman–Crippen MR) is 137 cm³/mol. The molecular weight excluding hydrogens is 518 g/mol. The molecule has 9 nitrogen and oxygen atoms in total. The molecule has 0 N–H and O–H groups in total. The molecule has 0 amide bonds. The van der Waals surface area contributed by atoms with Crippen LogP contribution in [0.1, 0.15) is 39.1 Å². The molecule has 0 aliphatic rings. The van der Waals surface area contributed by atoms with Gasteiger partial charge in [-0.05, 0) is 37.3 Å². The van der Waals surface area contributed by atoms with Crippen molar-refractivity contribution in [2.24, 2.45) is 5.10 Å². The van der Waals surface area contributed by atoms with Crippen LogP contribution in [0, 0.1) is 0 Å². The van der Waals surface area contributed by atoms with Crippen molar-refractivity contribution in [3.63, 3.8) is 0 Å². The third-order valence-corrected chi connectivity index (χ3v) is 5.42. The number of fused-ring (bicyclic) bond motifs is 1. The lowest BCUT2D eigenvalue weighted by Crippen LogP contribution is -2.29. The fourth-order valence-corrected chi connectivity index (χ4v) is 3.68. The number of carbonyl (C=O) groups excluding carboxylic acids is 1. The smallest absolute Gasteiger partial charge is 0.344 e. The van der Waals surface area contributed by atoms with Crippen LogP contribution in [0.25, 0.3) is 10.9 Å². The van der Waals surface area contributed by atoms with Crippen molar-refractivity contribution in [2.75, 3.05) is 27.4 Å². The van der Waals surface area contributed by atoms with Crippen molar-refractivity contribution >= 4 is 39.0 Å². The zero-order valence-electron chi connectivity index (χ0n) is 20.5. The molecule has 0 saturated carbocycles. The average molecular weight is 546 g/mol. The van der Waals surface area contributed by atoms with Gasteiger partial charge in [-0.1, -0.05) is 36.7 Å². The van der Waals surface area contributed by atoms with Crippen LogP contribution >= 0.6 is 15.9 Å². The van der Waals surface area contributed by atoms with Crippen molar-refractivity contribution in [2.45, 2.75) is 33.1 Å². The number of methoxy groups -OCH3 is 2. The molecule has 0 aliphatic carbocycles. The van der Waals surface area contributed by atoms with Gasteiger partial charge in [0.2, 0.25) is 5.75 Å². The Morgan fingerprint density at radius 1 is 1.14 bits per heavy atom. The SMILES string of the molecule is CCOC(=O)COc1c(OC)cc(C=Nn2c(C(C)(C)C)nc3ccc(Br)cc3c2=O)cc1OC. The Morgan fingerprint density at radius 3 is 2.37 bits per heavy atom. The molecule has 0 fully saturated rings. The molecule has 10 heteroatoms. The van der Waals surface area contributed by atoms with E-state index in [-0.39, 0.29) is 24.5 Å². The third-order valence-electron chi connectivity index (χ3n) is 4.92. The molecule has 0 atom stereocenters. The van der Waals surface area contributed by atoms with Crippen LogP contribution in [0.15, 0.2) is 44.7 Å². The highest BCUT2D eigenvalue weighted by molar-refractivity contribution is 9.10. The van der Waals surface area contributed by atoms with Crippen LogP contribution in [0.3, 0.4) is 0 Å². The van der Waals surface area contributed by atoms with Gasteiger partial charge in [0.1, 0.15) is 5.82 Å². The maximum Gasteiger partial charge on any atom is 0.344 e. The molecule has 0 radical (unpaired) electrons. The summed E-state index contributed by atoms with van der Waals surface area (Å²) in [6, 6.07) is 8.71. The molecular formula is C25H28BrN3O6. The van der Waals surface area contributed by atoms with E-state index < -0.39 is 11.4 Å². The van der Waals surface area contributed by atoms with E-state index >= 15 is 0 Å². The lowest BCUT2D eigenvalue weighted by molar-refractivity contribution is -0.145. The molecule has 0 bridgehead atoms. The van der Waals surface area contributed by atoms with Gasteiger partial charge in [0.15, 0.2) is 18.1 Å². The van der Waals surface area contributed by atoms with Crippen molar-refractivity contribution in [3.8, 4) is 17.2 Å². The minimum atomic E-state index is -0.508. The fourth-order valence-electron chi connectivity index (χ4n) is 3.32. The van der Waals surface area contributed by atoms with Gasteiger partial charge in [0.25, 0.3) is 5.56 Å². The van der Waals surface area contributed by atoms with E-state index in [1.54, 1.807) is 31.2 Å².